The predicted octanol–water partition coefficient (Wildman–Crippen LogP) is 2.68. The van der Waals surface area contributed by atoms with E-state index < -0.39 is 0 Å². The van der Waals surface area contributed by atoms with Gasteiger partial charge in [0.25, 0.3) is 0 Å². The molecule has 2 aliphatic heterocycles. The molecule has 5 heterocycles. The summed E-state index contributed by atoms with van der Waals surface area (Å²) in [4.78, 5) is 20.5. The van der Waals surface area contributed by atoms with Crippen molar-refractivity contribution in [1.29, 1.82) is 5.26 Å². The zero-order valence-corrected chi connectivity index (χ0v) is 18.2. The highest BCUT2D eigenvalue weighted by Gasteiger charge is 2.49. The molecule has 164 valence electrons. The van der Waals surface area contributed by atoms with Gasteiger partial charge < -0.3 is 9.80 Å². The number of nitriles is 1. The number of aromatic nitrogens is 5. The van der Waals surface area contributed by atoms with Crippen molar-refractivity contribution in [2.75, 3.05) is 31.1 Å². The normalized spacial score (nSPS) is 17.0. The van der Waals surface area contributed by atoms with Crippen molar-refractivity contribution in [3.63, 3.8) is 0 Å². The van der Waals surface area contributed by atoms with Gasteiger partial charge in [0.2, 0.25) is 5.91 Å². The topological polar surface area (TPSA) is 106 Å². The minimum absolute atomic E-state index is 0.0215. The molecule has 9 heteroatoms. The average molecular weight is 438 g/mol. The van der Waals surface area contributed by atoms with E-state index in [0.29, 0.717) is 11.2 Å². The first-order valence-corrected chi connectivity index (χ1v) is 10.9. The number of hydrogen-bond donors (Lipinski definition) is 1. The number of hydrogen-bond acceptors (Lipinski definition) is 6. The number of amides is 1. The van der Waals surface area contributed by atoms with E-state index in [9.17, 15) is 10.1 Å². The first kappa shape index (κ1) is 19.5. The Hall–Kier alpha value is -4.19. The third-order valence-electron chi connectivity index (χ3n) is 7.06. The Morgan fingerprint density at radius 1 is 1.30 bits per heavy atom. The highest BCUT2D eigenvalue weighted by atomic mass is 16.2. The number of anilines is 1. The van der Waals surface area contributed by atoms with Gasteiger partial charge >= 0.3 is 0 Å². The minimum atomic E-state index is -0.0215. The molecule has 2 aliphatic rings. The molecule has 0 saturated carbocycles. The second-order valence-corrected chi connectivity index (χ2v) is 9.06. The minimum Gasteiger partial charge on any atom is -0.368 e. The van der Waals surface area contributed by atoms with Crippen LogP contribution in [0.3, 0.4) is 0 Å². The largest absolute Gasteiger partial charge is 0.368 e. The molecule has 0 bridgehead atoms. The molecule has 0 aliphatic carbocycles. The number of benzene rings is 1. The lowest BCUT2D eigenvalue weighted by Gasteiger charge is -2.47. The van der Waals surface area contributed by atoms with Crippen molar-refractivity contribution in [2.45, 2.75) is 13.3 Å². The van der Waals surface area contributed by atoms with Gasteiger partial charge in [0.15, 0.2) is 5.65 Å². The monoisotopic (exact) mass is 438 g/mol. The molecule has 2 fully saturated rings. The molecule has 1 aromatic carbocycles. The third-order valence-corrected chi connectivity index (χ3v) is 7.06. The molecule has 0 unspecified atom stereocenters. The summed E-state index contributed by atoms with van der Waals surface area (Å²) in [5.41, 5.74) is 5.80. The van der Waals surface area contributed by atoms with E-state index in [1.54, 1.807) is 10.7 Å². The van der Waals surface area contributed by atoms with E-state index in [2.05, 4.69) is 37.8 Å². The molecular formula is C24H22N8O. The van der Waals surface area contributed by atoms with E-state index in [1.165, 1.54) is 12.4 Å². The Bertz CT molecular complexity index is 1480. The fourth-order valence-electron chi connectivity index (χ4n) is 5.44. The number of aryl methyl sites for hydroxylation is 1. The van der Waals surface area contributed by atoms with Gasteiger partial charge in [-0.05, 0) is 31.1 Å². The van der Waals surface area contributed by atoms with E-state index in [1.807, 2.05) is 30.2 Å². The molecule has 1 spiro atoms. The number of nitrogens with zero attached hydrogens (tertiary/aromatic N) is 7. The molecule has 4 aromatic rings. The number of fused-ring (bicyclic) bond motifs is 2. The van der Waals surface area contributed by atoms with Crippen molar-refractivity contribution in [3.05, 3.63) is 54.6 Å². The first-order chi connectivity index (χ1) is 16.0. The highest BCUT2D eigenvalue weighted by molar-refractivity contribution is 6.02. The molecule has 0 radical (unpaired) electrons. The molecular weight excluding hydrogens is 416 g/mol. The van der Waals surface area contributed by atoms with Gasteiger partial charge in [-0.2, -0.15) is 15.5 Å². The molecule has 2 saturated heterocycles. The summed E-state index contributed by atoms with van der Waals surface area (Å²) in [6, 6.07) is 6.50. The Labute approximate surface area is 189 Å². The van der Waals surface area contributed by atoms with Gasteiger partial charge in [-0.15, -0.1) is 0 Å². The maximum Gasteiger partial charge on any atom is 0.245 e. The quantitative estimate of drug-likeness (QED) is 0.493. The van der Waals surface area contributed by atoms with Crippen LogP contribution in [0.25, 0.3) is 27.7 Å². The number of likely N-dealkylation sites (tertiary alicyclic amines) is 1. The summed E-state index contributed by atoms with van der Waals surface area (Å²) in [7, 11) is 0. The summed E-state index contributed by atoms with van der Waals surface area (Å²) in [6.07, 6.45) is 7.56. The van der Waals surface area contributed by atoms with Crippen LogP contribution in [0.4, 0.5) is 5.69 Å². The van der Waals surface area contributed by atoms with Crippen LogP contribution in [0, 0.1) is 23.7 Å². The number of pyridine rings is 1. The van der Waals surface area contributed by atoms with Crippen LogP contribution in [0.15, 0.2) is 43.5 Å². The van der Waals surface area contributed by atoms with E-state index in [4.69, 9.17) is 0 Å². The van der Waals surface area contributed by atoms with Crippen molar-refractivity contribution < 1.29 is 4.79 Å². The summed E-state index contributed by atoms with van der Waals surface area (Å²) in [5.74, 6) is -0.0215. The van der Waals surface area contributed by atoms with Crippen LogP contribution < -0.4 is 4.90 Å². The number of aromatic amines is 1. The van der Waals surface area contributed by atoms with Crippen molar-refractivity contribution in [1.82, 2.24) is 29.7 Å². The predicted molar refractivity (Wildman–Crippen MR) is 124 cm³/mol. The van der Waals surface area contributed by atoms with Crippen LogP contribution >= 0.6 is 0 Å². The maximum atomic E-state index is 11.9. The number of nitrogens with one attached hydrogen (secondary N) is 1. The smallest absolute Gasteiger partial charge is 0.245 e. The molecule has 1 amide bonds. The number of carbonyl (C=O) groups excluding carboxylic acids is 1. The molecule has 1 N–H and O–H groups in total. The summed E-state index contributed by atoms with van der Waals surface area (Å²) < 4.78 is 1.75. The van der Waals surface area contributed by atoms with Crippen LogP contribution in [-0.2, 0) is 4.79 Å². The third kappa shape index (κ3) is 2.77. The Morgan fingerprint density at radius 2 is 2.15 bits per heavy atom. The fraction of sp³-hybridized carbons (Fsp3) is 0.292. The van der Waals surface area contributed by atoms with Crippen LogP contribution in [0.2, 0.25) is 0 Å². The number of H-pyrrole nitrogens is 1. The van der Waals surface area contributed by atoms with E-state index in [0.717, 1.165) is 65.9 Å². The van der Waals surface area contributed by atoms with Gasteiger partial charge in [-0.25, -0.2) is 9.50 Å². The fourth-order valence-corrected chi connectivity index (χ4v) is 5.44. The van der Waals surface area contributed by atoms with Crippen molar-refractivity contribution in [2.24, 2.45) is 5.41 Å². The highest BCUT2D eigenvalue weighted by Crippen LogP contribution is 2.44. The molecule has 6 rings (SSSR count). The lowest BCUT2D eigenvalue weighted by molar-refractivity contribution is -0.136. The first-order valence-electron chi connectivity index (χ1n) is 10.9. The summed E-state index contributed by atoms with van der Waals surface area (Å²) in [6.45, 7) is 8.68. The Morgan fingerprint density at radius 3 is 2.94 bits per heavy atom. The standard InChI is InChI=1S/C24H22N8O/c1-3-20(33)31-12-24(13-31)6-7-30(11-24)19-10-32-23(26-14-28-32)22(16(19)8-25)21-15(2)4-5-18-17(21)9-27-29-18/h3-5,9-10,14H,1,6-7,11-13H2,2H3,(H,27,29). The van der Waals surface area contributed by atoms with Gasteiger partial charge in [0, 0.05) is 48.1 Å². The Balaban J connectivity index is 1.49. The molecule has 9 nitrogen and oxygen atoms in total. The lowest BCUT2D eigenvalue weighted by atomic mass is 9.79. The van der Waals surface area contributed by atoms with Crippen LogP contribution in [-0.4, -0.2) is 61.8 Å². The van der Waals surface area contributed by atoms with E-state index >= 15 is 0 Å². The van der Waals surface area contributed by atoms with Gasteiger partial charge in [0.05, 0.1) is 29.2 Å². The average Bonchev–Trinajstić information content (AvgIpc) is 3.55. The second-order valence-electron chi connectivity index (χ2n) is 9.06. The Kier molecular flexibility index (Phi) is 4.08. The maximum absolute atomic E-state index is 11.9. The van der Waals surface area contributed by atoms with Gasteiger partial charge in [0.1, 0.15) is 12.4 Å². The van der Waals surface area contributed by atoms with E-state index in [-0.39, 0.29) is 11.3 Å². The summed E-state index contributed by atoms with van der Waals surface area (Å²) in [5, 5.41) is 23.0. The van der Waals surface area contributed by atoms with Gasteiger partial charge in [-0.1, -0.05) is 12.6 Å². The number of rotatable bonds is 3. The number of carbonyl (C=O) groups is 1. The van der Waals surface area contributed by atoms with Crippen molar-refractivity contribution in [3.8, 4) is 17.2 Å². The zero-order chi connectivity index (χ0) is 22.7. The summed E-state index contributed by atoms with van der Waals surface area (Å²) >= 11 is 0. The SMILES string of the molecule is C=CC(=O)N1CC2(CCN(c3cn4ncnc4c(-c4c(C)ccc5[nH]ncc45)c3C#N)C2)C1. The van der Waals surface area contributed by atoms with Crippen LogP contribution in [0.1, 0.15) is 17.5 Å². The molecule has 3 aromatic heterocycles. The van der Waals surface area contributed by atoms with Crippen LogP contribution in [0.5, 0.6) is 0 Å². The molecule has 0 atom stereocenters. The second kappa shape index (κ2) is 6.90. The van der Waals surface area contributed by atoms with Gasteiger partial charge in [-0.3, -0.25) is 9.89 Å². The zero-order valence-electron chi connectivity index (χ0n) is 18.2. The van der Waals surface area contributed by atoms with Crippen molar-refractivity contribution >= 4 is 28.1 Å². The molecule has 33 heavy (non-hydrogen) atoms. The lowest BCUT2D eigenvalue weighted by Crippen LogP contribution is -2.59.